The Morgan fingerprint density at radius 3 is 2.53 bits per heavy atom. The van der Waals surface area contributed by atoms with Gasteiger partial charge in [-0.1, -0.05) is 15.9 Å². The molecule has 1 aromatic heterocycles. The molecule has 2 rings (SSSR count). The van der Waals surface area contributed by atoms with Crippen LogP contribution < -0.4 is 0 Å². The number of carbonyl (C=O) groups excluding carboxylic acids is 1. The van der Waals surface area contributed by atoms with Crippen LogP contribution in [0.15, 0.2) is 40.7 Å². The fourth-order valence-corrected chi connectivity index (χ4v) is 2.48. The van der Waals surface area contributed by atoms with Gasteiger partial charge in [0.2, 0.25) is 0 Å². The number of carbonyl (C=O) groups is 1. The van der Waals surface area contributed by atoms with Crippen LogP contribution in [0.1, 0.15) is 32.8 Å². The van der Waals surface area contributed by atoms with Crippen LogP contribution in [0, 0.1) is 0 Å². The SMILES string of the molecule is CC(C)(C)OC(=O)C1=CC(Br)=C(c2ccncc2)C1. The largest absolute Gasteiger partial charge is 0.457 e. The number of allylic oxidation sites excluding steroid dienone is 3. The van der Waals surface area contributed by atoms with E-state index in [1.165, 1.54) is 0 Å². The minimum atomic E-state index is -0.468. The van der Waals surface area contributed by atoms with Crippen LogP contribution in [-0.2, 0) is 9.53 Å². The van der Waals surface area contributed by atoms with E-state index in [-0.39, 0.29) is 5.97 Å². The van der Waals surface area contributed by atoms with Crippen molar-refractivity contribution in [3.8, 4) is 0 Å². The smallest absolute Gasteiger partial charge is 0.334 e. The average Bonchev–Trinajstić information content (AvgIpc) is 2.70. The number of ether oxygens (including phenoxy) is 1. The van der Waals surface area contributed by atoms with Crippen molar-refractivity contribution in [2.45, 2.75) is 32.8 Å². The molecule has 0 unspecified atom stereocenters. The van der Waals surface area contributed by atoms with E-state index in [9.17, 15) is 4.79 Å². The predicted octanol–water partition coefficient (Wildman–Crippen LogP) is 3.86. The summed E-state index contributed by atoms with van der Waals surface area (Å²) in [7, 11) is 0. The number of nitrogens with zero attached hydrogens (tertiary/aromatic N) is 1. The van der Waals surface area contributed by atoms with Crippen LogP contribution in [0.5, 0.6) is 0 Å². The van der Waals surface area contributed by atoms with Gasteiger partial charge in [-0.15, -0.1) is 0 Å². The van der Waals surface area contributed by atoms with Gasteiger partial charge in [0.1, 0.15) is 5.60 Å². The van der Waals surface area contributed by atoms with Gasteiger partial charge in [-0.25, -0.2) is 4.79 Å². The Kier molecular flexibility index (Phi) is 3.90. The second-order valence-electron chi connectivity index (χ2n) is 5.41. The molecule has 0 saturated heterocycles. The third kappa shape index (κ3) is 3.53. The first-order valence-corrected chi connectivity index (χ1v) is 6.89. The number of rotatable bonds is 2. The van der Waals surface area contributed by atoms with Crippen LogP contribution in [0.3, 0.4) is 0 Å². The lowest BCUT2D eigenvalue weighted by Crippen LogP contribution is -2.24. The van der Waals surface area contributed by atoms with Gasteiger partial charge in [-0.05, 0) is 50.1 Å². The number of pyridine rings is 1. The minimum Gasteiger partial charge on any atom is -0.457 e. The Morgan fingerprint density at radius 1 is 1.32 bits per heavy atom. The van der Waals surface area contributed by atoms with Gasteiger partial charge in [-0.3, -0.25) is 4.98 Å². The third-order valence-corrected chi connectivity index (χ3v) is 3.35. The highest BCUT2D eigenvalue weighted by Gasteiger charge is 2.25. The van der Waals surface area contributed by atoms with Crippen LogP contribution >= 0.6 is 15.9 Å². The molecule has 4 heteroatoms. The maximum Gasteiger partial charge on any atom is 0.334 e. The molecule has 100 valence electrons. The minimum absolute atomic E-state index is 0.256. The molecular formula is C15H16BrNO2. The number of hydrogen-bond donors (Lipinski definition) is 0. The number of hydrogen-bond acceptors (Lipinski definition) is 3. The van der Waals surface area contributed by atoms with Gasteiger partial charge >= 0.3 is 5.97 Å². The Morgan fingerprint density at radius 2 is 1.95 bits per heavy atom. The molecule has 0 atom stereocenters. The second kappa shape index (κ2) is 5.29. The van der Waals surface area contributed by atoms with E-state index in [2.05, 4.69) is 20.9 Å². The van der Waals surface area contributed by atoms with E-state index >= 15 is 0 Å². The van der Waals surface area contributed by atoms with Gasteiger partial charge in [0.15, 0.2) is 0 Å². The van der Waals surface area contributed by atoms with Crippen LogP contribution in [0.2, 0.25) is 0 Å². The maximum atomic E-state index is 12.0. The maximum absolute atomic E-state index is 12.0. The summed E-state index contributed by atoms with van der Waals surface area (Å²) in [5.41, 5.74) is 2.36. The Labute approximate surface area is 121 Å². The Bertz CT molecular complexity index is 553. The summed E-state index contributed by atoms with van der Waals surface area (Å²) >= 11 is 3.50. The molecule has 3 nitrogen and oxygen atoms in total. The molecular weight excluding hydrogens is 306 g/mol. The van der Waals surface area contributed by atoms with Gasteiger partial charge in [-0.2, -0.15) is 0 Å². The first-order valence-electron chi connectivity index (χ1n) is 6.10. The molecule has 0 spiro atoms. The van der Waals surface area contributed by atoms with E-state index in [1.54, 1.807) is 12.4 Å². The molecule has 0 bridgehead atoms. The lowest BCUT2D eigenvalue weighted by molar-refractivity contribution is -0.149. The Hall–Kier alpha value is -1.42. The molecule has 0 amide bonds. The van der Waals surface area contributed by atoms with Crippen molar-refractivity contribution in [3.05, 3.63) is 46.2 Å². The summed E-state index contributed by atoms with van der Waals surface area (Å²) < 4.78 is 6.32. The van der Waals surface area contributed by atoms with Crippen molar-refractivity contribution in [3.63, 3.8) is 0 Å². The molecule has 19 heavy (non-hydrogen) atoms. The zero-order chi connectivity index (χ0) is 14.0. The van der Waals surface area contributed by atoms with Crippen molar-refractivity contribution in [1.29, 1.82) is 0 Å². The van der Waals surface area contributed by atoms with Gasteiger partial charge < -0.3 is 4.74 Å². The third-order valence-electron chi connectivity index (χ3n) is 2.65. The van der Waals surface area contributed by atoms with Crippen molar-refractivity contribution in [2.75, 3.05) is 0 Å². The molecule has 1 aromatic rings. The first kappa shape index (κ1) is 14.0. The predicted molar refractivity (Wildman–Crippen MR) is 78.6 cm³/mol. The zero-order valence-corrected chi connectivity index (χ0v) is 12.8. The lowest BCUT2D eigenvalue weighted by Gasteiger charge is -2.20. The molecule has 0 aliphatic heterocycles. The van der Waals surface area contributed by atoms with Crippen molar-refractivity contribution < 1.29 is 9.53 Å². The fourth-order valence-electron chi connectivity index (χ4n) is 1.83. The summed E-state index contributed by atoms with van der Waals surface area (Å²) in [6.07, 6.45) is 5.91. The molecule has 0 saturated carbocycles. The van der Waals surface area contributed by atoms with E-state index in [0.29, 0.717) is 12.0 Å². The number of esters is 1. The van der Waals surface area contributed by atoms with E-state index in [1.807, 2.05) is 39.0 Å². The van der Waals surface area contributed by atoms with Crippen molar-refractivity contribution in [2.24, 2.45) is 0 Å². The molecule has 1 heterocycles. The highest BCUT2D eigenvalue weighted by Crippen LogP contribution is 2.36. The normalized spacial score (nSPS) is 15.5. The summed E-state index contributed by atoms with van der Waals surface area (Å²) in [5, 5.41) is 0. The van der Waals surface area contributed by atoms with Crippen LogP contribution in [0.25, 0.3) is 5.57 Å². The van der Waals surface area contributed by atoms with Gasteiger partial charge in [0, 0.05) is 28.9 Å². The van der Waals surface area contributed by atoms with E-state index < -0.39 is 5.60 Å². The monoisotopic (exact) mass is 321 g/mol. The van der Waals surface area contributed by atoms with Crippen molar-refractivity contribution >= 4 is 27.5 Å². The molecule has 0 aromatic carbocycles. The van der Waals surface area contributed by atoms with Gasteiger partial charge in [0.05, 0.1) is 0 Å². The van der Waals surface area contributed by atoms with Gasteiger partial charge in [0.25, 0.3) is 0 Å². The summed E-state index contributed by atoms with van der Waals surface area (Å²) in [4.78, 5) is 16.0. The lowest BCUT2D eigenvalue weighted by atomic mass is 10.0. The highest BCUT2D eigenvalue weighted by atomic mass is 79.9. The summed E-state index contributed by atoms with van der Waals surface area (Å²) in [5.74, 6) is -0.256. The average molecular weight is 322 g/mol. The molecule has 0 fully saturated rings. The van der Waals surface area contributed by atoms with Crippen molar-refractivity contribution in [1.82, 2.24) is 4.98 Å². The standard InChI is InChI=1S/C15H16BrNO2/c1-15(2,3)19-14(18)11-8-12(13(16)9-11)10-4-6-17-7-5-10/h4-7,9H,8H2,1-3H3. The molecule has 0 radical (unpaired) electrons. The number of aromatic nitrogens is 1. The second-order valence-corrected chi connectivity index (χ2v) is 6.26. The fraction of sp³-hybridized carbons (Fsp3) is 0.333. The first-order chi connectivity index (χ1) is 8.87. The molecule has 1 aliphatic rings. The zero-order valence-electron chi connectivity index (χ0n) is 11.2. The topological polar surface area (TPSA) is 39.2 Å². The van der Waals surface area contributed by atoms with Crippen LogP contribution in [0.4, 0.5) is 0 Å². The number of halogens is 1. The summed E-state index contributed by atoms with van der Waals surface area (Å²) in [6, 6.07) is 3.87. The molecule has 1 aliphatic carbocycles. The molecule has 0 N–H and O–H groups in total. The highest BCUT2D eigenvalue weighted by molar-refractivity contribution is 9.12. The van der Waals surface area contributed by atoms with E-state index in [4.69, 9.17) is 4.74 Å². The Balaban J connectivity index is 2.13. The van der Waals surface area contributed by atoms with E-state index in [0.717, 1.165) is 15.6 Å². The quantitative estimate of drug-likeness (QED) is 0.776. The summed E-state index contributed by atoms with van der Waals surface area (Å²) in [6.45, 7) is 5.60. The van der Waals surface area contributed by atoms with Crippen LogP contribution in [-0.4, -0.2) is 16.6 Å².